The number of rotatable bonds is 4. The molecule has 1 atom stereocenters. The summed E-state index contributed by atoms with van der Waals surface area (Å²) >= 11 is 5.81. The molecule has 6 nitrogen and oxygen atoms in total. The summed E-state index contributed by atoms with van der Waals surface area (Å²) in [4.78, 5) is 8.38. The Bertz CT molecular complexity index is 591. The van der Waals surface area contributed by atoms with Gasteiger partial charge < -0.3 is 9.88 Å². The summed E-state index contributed by atoms with van der Waals surface area (Å²) in [6, 6.07) is 0.0375. The van der Waals surface area contributed by atoms with E-state index in [1.165, 1.54) is 0 Å². The summed E-state index contributed by atoms with van der Waals surface area (Å²) in [5, 5.41) is 12.5. The molecule has 2 aromatic rings. The zero-order valence-corrected chi connectivity index (χ0v) is 12.3. The molecule has 0 aromatic carbocycles. The van der Waals surface area contributed by atoms with E-state index in [4.69, 9.17) is 11.6 Å². The van der Waals surface area contributed by atoms with Crippen LogP contribution in [0.1, 0.15) is 38.0 Å². The summed E-state index contributed by atoms with van der Waals surface area (Å²) in [5.74, 6) is 2.95. The van der Waals surface area contributed by atoms with Crippen LogP contribution < -0.4 is 5.32 Å². The molecule has 20 heavy (non-hydrogen) atoms. The van der Waals surface area contributed by atoms with Gasteiger partial charge in [-0.25, -0.2) is 9.97 Å². The molecule has 0 amide bonds. The minimum Gasteiger partial charge on any atom is -0.344 e. The minimum absolute atomic E-state index is 0.0375. The number of hydrogen-bond donors (Lipinski definition) is 1. The molecule has 0 bridgehead atoms. The maximum absolute atomic E-state index is 5.81. The first kappa shape index (κ1) is 13.3. The highest BCUT2D eigenvalue weighted by atomic mass is 35.5. The number of halogens is 1. The maximum Gasteiger partial charge on any atom is 0.223 e. The maximum atomic E-state index is 5.81. The third-order valence-corrected chi connectivity index (χ3v) is 3.68. The van der Waals surface area contributed by atoms with Gasteiger partial charge in [-0.1, -0.05) is 25.4 Å². The average molecular weight is 293 g/mol. The van der Waals surface area contributed by atoms with Crippen molar-refractivity contribution < 1.29 is 0 Å². The molecule has 0 radical (unpaired) electrons. The zero-order valence-electron chi connectivity index (χ0n) is 11.5. The van der Waals surface area contributed by atoms with Crippen LogP contribution in [-0.2, 0) is 13.0 Å². The lowest BCUT2D eigenvalue weighted by Crippen LogP contribution is -2.22. The molecule has 0 spiro atoms. The van der Waals surface area contributed by atoms with Crippen LogP contribution in [0.25, 0.3) is 0 Å². The highest BCUT2D eigenvalue weighted by Crippen LogP contribution is 2.27. The SMILES string of the molecule is CC(C)[C@H](Nc1ncc(Cl)cn1)c1nnc2n1CCC2. The summed E-state index contributed by atoms with van der Waals surface area (Å²) in [6.45, 7) is 5.28. The standard InChI is InChI=1S/C13H17ClN6/c1-8(2)11(17-13-15-6-9(14)7-16-13)12-19-18-10-4-3-5-20(10)12/h6-8,11H,3-5H2,1-2H3,(H,15,16,17)/t11-/m0/s1. The second kappa shape index (κ2) is 5.36. The predicted molar refractivity (Wildman–Crippen MR) is 76.6 cm³/mol. The van der Waals surface area contributed by atoms with Crippen molar-refractivity contribution in [2.75, 3.05) is 5.32 Å². The Morgan fingerprint density at radius 2 is 2.00 bits per heavy atom. The van der Waals surface area contributed by atoms with E-state index >= 15 is 0 Å². The first-order chi connectivity index (χ1) is 9.65. The van der Waals surface area contributed by atoms with Gasteiger partial charge in [-0.05, 0) is 12.3 Å². The second-order valence-electron chi connectivity index (χ2n) is 5.32. The highest BCUT2D eigenvalue weighted by molar-refractivity contribution is 6.30. The number of nitrogens with zero attached hydrogens (tertiary/aromatic N) is 5. The Morgan fingerprint density at radius 1 is 1.25 bits per heavy atom. The molecular weight excluding hydrogens is 276 g/mol. The zero-order chi connectivity index (χ0) is 14.1. The molecule has 0 unspecified atom stereocenters. The fourth-order valence-corrected chi connectivity index (χ4v) is 2.56. The van der Waals surface area contributed by atoms with E-state index in [1.54, 1.807) is 12.4 Å². The molecule has 0 aliphatic carbocycles. The van der Waals surface area contributed by atoms with Crippen molar-refractivity contribution in [1.29, 1.82) is 0 Å². The third kappa shape index (κ3) is 2.47. The van der Waals surface area contributed by atoms with Crippen molar-refractivity contribution in [3.8, 4) is 0 Å². The molecule has 1 aliphatic rings. The Hall–Kier alpha value is -1.69. The number of aryl methyl sites for hydroxylation is 1. The van der Waals surface area contributed by atoms with E-state index in [0.717, 1.165) is 31.0 Å². The topological polar surface area (TPSA) is 68.5 Å². The van der Waals surface area contributed by atoms with Gasteiger partial charge in [-0.3, -0.25) is 0 Å². The van der Waals surface area contributed by atoms with E-state index in [-0.39, 0.29) is 6.04 Å². The number of nitrogens with one attached hydrogen (secondary N) is 1. The van der Waals surface area contributed by atoms with Gasteiger partial charge in [0, 0.05) is 13.0 Å². The van der Waals surface area contributed by atoms with Gasteiger partial charge in [0.1, 0.15) is 5.82 Å². The molecule has 0 saturated carbocycles. The van der Waals surface area contributed by atoms with Crippen molar-refractivity contribution in [1.82, 2.24) is 24.7 Å². The second-order valence-corrected chi connectivity index (χ2v) is 5.76. The van der Waals surface area contributed by atoms with Gasteiger partial charge in [0.05, 0.1) is 23.5 Å². The van der Waals surface area contributed by atoms with E-state index in [1.807, 2.05) is 0 Å². The summed E-state index contributed by atoms with van der Waals surface area (Å²) in [6.07, 6.45) is 5.32. The molecule has 1 N–H and O–H groups in total. The first-order valence-electron chi connectivity index (χ1n) is 6.81. The Labute approximate surface area is 122 Å². The molecule has 0 fully saturated rings. The molecule has 3 heterocycles. The normalized spacial score (nSPS) is 15.4. The minimum atomic E-state index is 0.0375. The van der Waals surface area contributed by atoms with Gasteiger partial charge in [-0.2, -0.15) is 0 Å². The Kier molecular flexibility index (Phi) is 3.56. The lowest BCUT2D eigenvalue weighted by atomic mass is 10.0. The van der Waals surface area contributed by atoms with Crippen molar-refractivity contribution in [3.05, 3.63) is 29.1 Å². The van der Waals surface area contributed by atoms with Crippen LogP contribution in [0.3, 0.4) is 0 Å². The number of fused-ring (bicyclic) bond motifs is 1. The van der Waals surface area contributed by atoms with Crippen molar-refractivity contribution in [2.24, 2.45) is 5.92 Å². The van der Waals surface area contributed by atoms with Gasteiger partial charge in [0.2, 0.25) is 5.95 Å². The molecule has 0 saturated heterocycles. The van der Waals surface area contributed by atoms with Crippen LogP contribution in [0.15, 0.2) is 12.4 Å². The van der Waals surface area contributed by atoms with Crippen LogP contribution in [0.2, 0.25) is 5.02 Å². The number of aromatic nitrogens is 5. The lowest BCUT2D eigenvalue weighted by Gasteiger charge is -2.21. The van der Waals surface area contributed by atoms with Crippen LogP contribution in [0.5, 0.6) is 0 Å². The largest absolute Gasteiger partial charge is 0.344 e. The smallest absolute Gasteiger partial charge is 0.223 e. The number of anilines is 1. The Morgan fingerprint density at radius 3 is 2.70 bits per heavy atom. The summed E-state index contributed by atoms with van der Waals surface area (Å²) in [7, 11) is 0. The molecule has 2 aromatic heterocycles. The molecule has 106 valence electrons. The van der Waals surface area contributed by atoms with E-state index in [0.29, 0.717) is 16.9 Å². The third-order valence-electron chi connectivity index (χ3n) is 3.49. The van der Waals surface area contributed by atoms with Crippen molar-refractivity contribution >= 4 is 17.5 Å². The average Bonchev–Trinajstić information content (AvgIpc) is 3.01. The summed E-state index contributed by atoms with van der Waals surface area (Å²) in [5.41, 5.74) is 0. The fourth-order valence-electron chi connectivity index (χ4n) is 2.46. The van der Waals surface area contributed by atoms with E-state index in [2.05, 4.69) is 43.9 Å². The fraction of sp³-hybridized carbons (Fsp3) is 0.538. The quantitative estimate of drug-likeness (QED) is 0.937. The van der Waals surface area contributed by atoms with Gasteiger partial charge in [0.25, 0.3) is 0 Å². The molecule has 3 rings (SSSR count). The molecule has 7 heteroatoms. The Balaban J connectivity index is 1.87. The molecule has 1 aliphatic heterocycles. The van der Waals surface area contributed by atoms with Crippen molar-refractivity contribution in [2.45, 2.75) is 39.3 Å². The summed E-state index contributed by atoms with van der Waals surface area (Å²) < 4.78 is 2.20. The van der Waals surface area contributed by atoms with Gasteiger partial charge in [-0.15, -0.1) is 10.2 Å². The predicted octanol–water partition coefficient (Wildman–Crippen LogP) is 2.48. The van der Waals surface area contributed by atoms with Crippen LogP contribution in [0, 0.1) is 5.92 Å². The van der Waals surface area contributed by atoms with Crippen LogP contribution in [0.4, 0.5) is 5.95 Å². The van der Waals surface area contributed by atoms with E-state index < -0.39 is 0 Å². The molecular formula is C13H17ClN6. The highest BCUT2D eigenvalue weighted by Gasteiger charge is 2.26. The number of hydrogen-bond acceptors (Lipinski definition) is 5. The first-order valence-corrected chi connectivity index (χ1v) is 7.19. The van der Waals surface area contributed by atoms with E-state index in [9.17, 15) is 0 Å². The monoisotopic (exact) mass is 292 g/mol. The van der Waals surface area contributed by atoms with Crippen molar-refractivity contribution in [3.63, 3.8) is 0 Å². The van der Waals surface area contributed by atoms with Crippen LogP contribution in [-0.4, -0.2) is 24.7 Å². The van der Waals surface area contributed by atoms with Gasteiger partial charge >= 0.3 is 0 Å². The van der Waals surface area contributed by atoms with Crippen LogP contribution >= 0.6 is 11.6 Å². The lowest BCUT2D eigenvalue weighted by molar-refractivity contribution is 0.493. The van der Waals surface area contributed by atoms with Gasteiger partial charge in [0.15, 0.2) is 5.82 Å².